The fraction of sp³-hybridized carbons (Fsp3) is 0.636. The van der Waals surface area contributed by atoms with E-state index in [2.05, 4.69) is 15.3 Å². The largest absolute Gasteiger partial charge is 0.392 e. The summed E-state index contributed by atoms with van der Waals surface area (Å²) in [5.74, 6) is 1.60. The number of nitrogens with zero attached hydrogens (tertiary/aromatic N) is 2. The molecule has 2 N–H and O–H groups in total. The van der Waals surface area contributed by atoms with Crippen LogP contribution in [0, 0.1) is 13.8 Å². The molecule has 0 radical (unpaired) electrons. The van der Waals surface area contributed by atoms with Gasteiger partial charge in [0.15, 0.2) is 0 Å². The van der Waals surface area contributed by atoms with Crippen molar-refractivity contribution in [2.45, 2.75) is 44.1 Å². The van der Waals surface area contributed by atoms with Crippen molar-refractivity contribution in [3.05, 3.63) is 11.4 Å². The zero-order valence-corrected chi connectivity index (χ0v) is 11.2. The molecule has 0 aromatic carbocycles. The van der Waals surface area contributed by atoms with E-state index in [0.717, 1.165) is 22.2 Å². The van der Waals surface area contributed by atoms with Gasteiger partial charge in [-0.15, -0.1) is 11.8 Å². The molecule has 0 aliphatic heterocycles. The Balaban J connectivity index is 2.99. The van der Waals surface area contributed by atoms with Gasteiger partial charge in [-0.3, -0.25) is 0 Å². The first-order chi connectivity index (χ1) is 7.45. The van der Waals surface area contributed by atoms with Crippen LogP contribution in [0.5, 0.6) is 0 Å². The van der Waals surface area contributed by atoms with Gasteiger partial charge in [-0.05, 0) is 20.8 Å². The highest BCUT2D eigenvalue weighted by Gasteiger charge is 2.15. The van der Waals surface area contributed by atoms with E-state index in [4.69, 9.17) is 0 Å². The summed E-state index contributed by atoms with van der Waals surface area (Å²) in [5.41, 5.74) is 1.03. The number of aryl methyl sites for hydroxylation is 1. The fourth-order valence-electron chi connectivity index (χ4n) is 1.24. The maximum atomic E-state index is 9.49. The average molecular weight is 241 g/mol. The normalized spacial score (nSPS) is 14.6. The molecule has 0 saturated carbocycles. The van der Waals surface area contributed by atoms with Crippen molar-refractivity contribution in [2.75, 3.05) is 12.4 Å². The SMILES string of the molecule is CNc1nc(C)nc(SC(C)C(C)O)c1C. The highest BCUT2D eigenvalue weighted by atomic mass is 32.2. The highest BCUT2D eigenvalue weighted by Crippen LogP contribution is 2.29. The minimum absolute atomic E-state index is 0.123. The van der Waals surface area contributed by atoms with Gasteiger partial charge in [0.2, 0.25) is 0 Å². The molecule has 0 fully saturated rings. The van der Waals surface area contributed by atoms with Crippen molar-refractivity contribution in [2.24, 2.45) is 0 Å². The molecule has 1 aromatic heterocycles. The van der Waals surface area contributed by atoms with Crippen LogP contribution in [0.25, 0.3) is 0 Å². The van der Waals surface area contributed by atoms with Gasteiger partial charge in [-0.1, -0.05) is 6.92 Å². The minimum atomic E-state index is -0.349. The Kier molecular flexibility index (Phi) is 4.56. The Morgan fingerprint density at radius 3 is 2.38 bits per heavy atom. The van der Waals surface area contributed by atoms with E-state index >= 15 is 0 Å². The quantitative estimate of drug-likeness (QED) is 0.623. The summed E-state index contributed by atoms with van der Waals surface area (Å²) < 4.78 is 0. The lowest BCUT2D eigenvalue weighted by molar-refractivity contribution is 0.196. The molecule has 1 rings (SSSR count). The third-order valence-electron chi connectivity index (χ3n) is 2.43. The van der Waals surface area contributed by atoms with E-state index in [1.54, 1.807) is 18.7 Å². The molecule has 2 unspecified atom stereocenters. The van der Waals surface area contributed by atoms with Crippen LogP contribution in [0.2, 0.25) is 0 Å². The highest BCUT2D eigenvalue weighted by molar-refractivity contribution is 7.99. The van der Waals surface area contributed by atoms with Gasteiger partial charge in [-0.2, -0.15) is 0 Å². The molecule has 0 aliphatic carbocycles. The number of aliphatic hydroxyl groups is 1. The zero-order valence-electron chi connectivity index (χ0n) is 10.4. The van der Waals surface area contributed by atoms with Crippen LogP contribution in [-0.4, -0.2) is 33.5 Å². The first-order valence-electron chi connectivity index (χ1n) is 5.33. The van der Waals surface area contributed by atoms with E-state index < -0.39 is 0 Å². The monoisotopic (exact) mass is 241 g/mol. The van der Waals surface area contributed by atoms with Gasteiger partial charge >= 0.3 is 0 Å². The molecule has 0 spiro atoms. The molecule has 16 heavy (non-hydrogen) atoms. The first kappa shape index (κ1) is 13.3. The number of thioether (sulfide) groups is 1. The molecule has 5 heteroatoms. The predicted molar refractivity (Wildman–Crippen MR) is 68.1 cm³/mol. The number of anilines is 1. The Morgan fingerprint density at radius 1 is 1.25 bits per heavy atom. The molecule has 0 amide bonds. The van der Waals surface area contributed by atoms with Crippen molar-refractivity contribution in [1.82, 2.24) is 9.97 Å². The molecule has 2 atom stereocenters. The predicted octanol–water partition coefficient (Wildman–Crippen LogP) is 2.00. The molecule has 4 nitrogen and oxygen atoms in total. The topological polar surface area (TPSA) is 58.0 Å². The van der Waals surface area contributed by atoms with Crippen molar-refractivity contribution in [3.63, 3.8) is 0 Å². The lowest BCUT2D eigenvalue weighted by Gasteiger charge is -2.16. The standard InChI is InChI=1S/C11H19N3OS/c1-6-10(12-5)13-9(4)14-11(6)16-8(3)7(2)15/h7-8,15H,1-5H3,(H,12,13,14). The minimum Gasteiger partial charge on any atom is -0.392 e. The molecule has 1 heterocycles. The van der Waals surface area contributed by atoms with Crippen molar-refractivity contribution in [3.8, 4) is 0 Å². The molecule has 90 valence electrons. The maximum Gasteiger partial charge on any atom is 0.133 e. The molecular formula is C11H19N3OS. The van der Waals surface area contributed by atoms with Crippen molar-refractivity contribution in [1.29, 1.82) is 0 Å². The summed E-state index contributed by atoms with van der Waals surface area (Å²) in [7, 11) is 1.85. The Hall–Kier alpha value is -0.810. The number of aliphatic hydroxyl groups excluding tert-OH is 1. The van der Waals surface area contributed by atoms with E-state index in [1.807, 2.05) is 27.8 Å². The van der Waals surface area contributed by atoms with Crippen molar-refractivity contribution < 1.29 is 5.11 Å². The summed E-state index contributed by atoms with van der Waals surface area (Å²) in [6.07, 6.45) is -0.349. The van der Waals surface area contributed by atoms with E-state index in [0.29, 0.717) is 0 Å². The second-order valence-electron chi connectivity index (χ2n) is 3.86. The molecule has 1 aromatic rings. The Labute approximate surface area is 101 Å². The van der Waals surface area contributed by atoms with Crippen molar-refractivity contribution >= 4 is 17.6 Å². The molecule has 0 bridgehead atoms. The molecular weight excluding hydrogens is 222 g/mol. The first-order valence-corrected chi connectivity index (χ1v) is 6.21. The van der Waals surface area contributed by atoms with Gasteiger partial charge < -0.3 is 10.4 Å². The smallest absolute Gasteiger partial charge is 0.133 e. The van der Waals surface area contributed by atoms with Gasteiger partial charge in [0.25, 0.3) is 0 Å². The molecule has 0 aliphatic rings. The van der Waals surface area contributed by atoms with E-state index in [1.165, 1.54) is 0 Å². The lowest BCUT2D eigenvalue weighted by Crippen LogP contribution is -2.16. The van der Waals surface area contributed by atoms with Crippen LogP contribution in [-0.2, 0) is 0 Å². The number of hydrogen-bond acceptors (Lipinski definition) is 5. The molecule has 0 saturated heterocycles. The average Bonchev–Trinajstić information content (AvgIpc) is 2.22. The summed E-state index contributed by atoms with van der Waals surface area (Å²) in [6.45, 7) is 7.64. The summed E-state index contributed by atoms with van der Waals surface area (Å²) in [5, 5.41) is 13.6. The van der Waals surface area contributed by atoms with Crippen LogP contribution >= 0.6 is 11.8 Å². The number of hydrogen-bond donors (Lipinski definition) is 2. The number of rotatable bonds is 4. The number of aromatic nitrogens is 2. The van der Waals surface area contributed by atoms with E-state index in [9.17, 15) is 5.11 Å². The van der Waals surface area contributed by atoms with Crippen LogP contribution in [0.1, 0.15) is 25.2 Å². The summed E-state index contributed by atoms with van der Waals surface area (Å²) in [4.78, 5) is 8.71. The van der Waals surface area contributed by atoms with Crippen LogP contribution in [0.15, 0.2) is 5.03 Å². The van der Waals surface area contributed by atoms with Crippen LogP contribution < -0.4 is 5.32 Å². The van der Waals surface area contributed by atoms with Gasteiger partial charge in [0.1, 0.15) is 16.7 Å². The van der Waals surface area contributed by atoms with Crippen LogP contribution in [0.4, 0.5) is 5.82 Å². The lowest BCUT2D eigenvalue weighted by atomic mass is 10.3. The van der Waals surface area contributed by atoms with Crippen LogP contribution in [0.3, 0.4) is 0 Å². The van der Waals surface area contributed by atoms with Gasteiger partial charge in [0, 0.05) is 17.9 Å². The Morgan fingerprint density at radius 2 is 1.88 bits per heavy atom. The zero-order chi connectivity index (χ0) is 12.3. The Bertz CT molecular complexity index is 368. The van der Waals surface area contributed by atoms with Gasteiger partial charge in [-0.25, -0.2) is 9.97 Å². The second kappa shape index (κ2) is 5.50. The maximum absolute atomic E-state index is 9.49. The van der Waals surface area contributed by atoms with Gasteiger partial charge in [0.05, 0.1) is 6.10 Å². The van der Waals surface area contributed by atoms with E-state index in [-0.39, 0.29) is 11.4 Å². The third-order valence-corrected chi connectivity index (χ3v) is 3.81. The number of nitrogens with one attached hydrogen (secondary N) is 1. The third kappa shape index (κ3) is 3.09. The summed E-state index contributed by atoms with van der Waals surface area (Å²) in [6, 6.07) is 0. The second-order valence-corrected chi connectivity index (χ2v) is 5.23. The fourth-order valence-corrected chi connectivity index (χ4v) is 2.24. The summed E-state index contributed by atoms with van der Waals surface area (Å²) >= 11 is 1.58.